The van der Waals surface area contributed by atoms with Crippen LogP contribution in [0.25, 0.3) is 0 Å². The van der Waals surface area contributed by atoms with Crippen LogP contribution in [0.15, 0.2) is 4.99 Å². The van der Waals surface area contributed by atoms with Crippen LogP contribution in [0.2, 0.25) is 0 Å². The van der Waals surface area contributed by atoms with E-state index in [1.807, 2.05) is 11.8 Å². The van der Waals surface area contributed by atoms with Crippen LogP contribution >= 0.6 is 11.8 Å². The summed E-state index contributed by atoms with van der Waals surface area (Å²) < 4.78 is 5.67. The number of ether oxygens (including phenoxy) is 1. The molecule has 2 saturated heterocycles. The van der Waals surface area contributed by atoms with E-state index in [0.717, 1.165) is 19.7 Å². The molecule has 0 radical (unpaired) electrons. The second-order valence-corrected chi connectivity index (χ2v) is 8.36. The van der Waals surface area contributed by atoms with Gasteiger partial charge in [0.1, 0.15) is 0 Å². The van der Waals surface area contributed by atoms with E-state index in [4.69, 9.17) is 4.74 Å². The van der Waals surface area contributed by atoms with Crippen molar-refractivity contribution in [3.63, 3.8) is 0 Å². The predicted molar refractivity (Wildman–Crippen MR) is 107 cm³/mol. The molecule has 2 heterocycles. The van der Waals surface area contributed by atoms with Crippen LogP contribution in [-0.4, -0.2) is 36.7 Å². The molecule has 1 unspecified atom stereocenters. The zero-order valence-corrected chi connectivity index (χ0v) is 16.4. The molecule has 0 aromatic heterocycles. The number of thioether (sulfide) groups is 1. The minimum absolute atomic E-state index is 0.601. The molecule has 140 valence electrons. The summed E-state index contributed by atoms with van der Waals surface area (Å²) in [6.45, 7) is 3.12. The number of nitrogens with one attached hydrogen (secondary N) is 1. The molecule has 2 fully saturated rings. The monoisotopic (exact) mass is 354 g/mol. The molecule has 4 heteroatoms. The Labute approximate surface area is 153 Å². The maximum atomic E-state index is 5.67. The van der Waals surface area contributed by atoms with Crippen molar-refractivity contribution in [2.45, 2.75) is 96.0 Å². The van der Waals surface area contributed by atoms with Gasteiger partial charge in [0, 0.05) is 25.4 Å². The highest BCUT2D eigenvalue weighted by atomic mass is 32.2. The SMILES string of the molecule is C(CCCCCCN=C1NCCS1)CCCCCCC1CCCO1. The summed E-state index contributed by atoms with van der Waals surface area (Å²) in [6.07, 6.45) is 19.9. The third kappa shape index (κ3) is 9.93. The van der Waals surface area contributed by atoms with E-state index in [2.05, 4.69) is 10.3 Å². The molecule has 2 aliphatic heterocycles. The number of amidine groups is 1. The minimum Gasteiger partial charge on any atom is -0.378 e. The molecular formula is C20H38N2OS. The van der Waals surface area contributed by atoms with Gasteiger partial charge >= 0.3 is 0 Å². The largest absolute Gasteiger partial charge is 0.378 e. The Bertz CT molecular complexity index is 322. The average molecular weight is 355 g/mol. The number of aliphatic imine (C=N–C) groups is 1. The van der Waals surface area contributed by atoms with Gasteiger partial charge in [-0.05, 0) is 25.7 Å². The van der Waals surface area contributed by atoms with Crippen molar-refractivity contribution in [3.05, 3.63) is 0 Å². The Morgan fingerprint density at radius 3 is 2.17 bits per heavy atom. The first kappa shape index (κ1) is 20.1. The van der Waals surface area contributed by atoms with E-state index < -0.39 is 0 Å². The van der Waals surface area contributed by atoms with Crippen molar-refractivity contribution in [2.24, 2.45) is 4.99 Å². The van der Waals surface area contributed by atoms with E-state index in [0.29, 0.717) is 6.10 Å². The third-order valence-corrected chi connectivity index (χ3v) is 6.04. The molecule has 0 aromatic rings. The van der Waals surface area contributed by atoms with Crippen LogP contribution in [-0.2, 0) is 4.74 Å². The number of rotatable bonds is 14. The number of unbranched alkanes of at least 4 members (excludes halogenated alkanes) is 10. The minimum atomic E-state index is 0.601. The molecule has 0 bridgehead atoms. The number of hydrogen-bond donors (Lipinski definition) is 1. The van der Waals surface area contributed by atoms with Crippen LogP contribution in [0.3, 0.4) is 0 Å². The van der Waals surface area contributed by atoms with E-state index in [-0.39, 0.29) is 0 Å². The summed E-state index contributed by atoms with van der Waals surface area (Å²) in [6, 6.07) is 0. The zero-order chi connectivity index (χ0) is 16.7. The second-order valence-electron chi connectivity index (χ2n) is 7.27. The molecule has 1 atom stereocenters. The highest BCUT2D eigenvalue weighted by molar-refractivity contribution is 8.14. The van der Waals surface area contributed by atoms with Crippen molar-refractivity contribution in [1.82, 2.24) is 5.32 Å². The molecule has 0 saturated carbocycles. The Hall–Kier alpha value is -0.220. The Morgan fingerprint density at radius 1 is 0.917 bits per heavy atom. The van der Waals surface area contributed by atoms with E-state index in [9.17, 15) is 0 Å². The highest BCUT2D eigenvalue weighted by Crippen LogP contribution is 2.19. The lowest BCUT2D eigenvalue weighted by Crippen LogP contribution is -2.13. The molecule has 3 nitrogen and oxygen atoms in total. The van der Waals surface area contributed by atoms with Gasteiger partial charge in [-0.2, -0.15) is 0 Å². The molecule has 0 spiro atoms. The lowest BCUT2D eigenvalue weighted by molar-refractivity contribution is 0.102. The van der Waals surface area contributed by atoms with Gasteiger partial charge in [0.25, 0.3) is 0 Å². The van der Waals surface area contributed by atoms with Gasteiger partial charge in [0.15, 0.2) is 5.17 Å². The molecule has 0 aromatic carbocycles. The first-order valence-corrected chi connectivity index (χ1v) is 11.5. The quantitative estimate of drug-likeness (QED) is 0.416. The van der Waals surface area contributed by atoms with Crippen molar-refractivity contribution in [2.75, 3.05) is 25.4 Å². The topological polar surface area (TPSA) is 33.6 Å². The summed E-state index contributed by atoms with van der Waals surface area (Å²) in [7, 11) is 0. The summed E-state index contributed by atoms with van der Waals surface area (Å²) in [5.74, 6) is 1.19. The van der Waals surface area contributed by atoms with Crippen molar-refractivity contribution >= 4 is 16.9 Å². The van der Waals surface area contributed by atoms with E-state index in [1.54, 1.807) is 0 Å². The Balaban J connectivity index is 1.23. The summed E-state index contributed by atoms with van der Waals surface area (Å²) in [5, 5.41) is 4.49. The normalized spacial score (nSPS) is 22.3. The average Bonchev–Trinajstić information content (AvgIpc) is 3.28. The molecule has 0 amide bonds. The van der Waals surface area contributed by atoms with Crippen molar-refractivity contribution in [3.8, 4) is 0 Å². The van der Waals surface area contributed by atoms with Gasteiger partial charge < -0.3 is 10.1 Å². The molecule has 2 rings (SSSR count). The lowest BCUT2D eigenvalue weighted by atomic mass is 10.0. The fraction of sp³-hybridized carbons (Fsp3) is 0.950. The summed E-state index contributed by atoms with van der Waals surface area (Å²) in [4.78, 5) is 4.59. The number of nitrogens with zero attached hydrogens (tertiary/aromatic N) is 1. The predicted octanol–water partition coefficient (Wildman–Crippen LogP) is 5.54. The van der Waals surface area contributed by atoms with Gasteiger partial charge in [-0.3, -0.25) is 4.99 Å². The van der Waals surface area contributed by atoms with Gasteiger partial charge in [0.05, 0.1) is 6.10 Å². The van der Waals surface area contributed by atoms with E-state index in [1.165, 1.54) is 101 Å². The summed E-state index contributed by atoms with van der Waals surface area (Å²) >= 11 is 1.87. The molecule has 0 aliphatic carbocycles. The maximum absolute atomic E-state index is 5.67. The first-order chi connectivity index (χ1) is 11.9. The highest BCUT2D eigenvalue weighted by Gasteiger charge is 2.14. The van der Waals surface area contributed by atoms with Crippen LogP contribution in [0.4, 0.5) is 0 Å². The molecule has 2 aliphatic rings. The zero-order valence-electron chi connectivity index (χ0n) is 15.6. The van der Waals surface area contributed by atoms with Crippen molar-refractivity contribution < 1.29 is 4.74 Å². The van der Waals surface area contributed by atoms with Gasteiger partial charge in [-0.25, -0.2) is 0 Å². The van der Waals surface area contributed by atoms with Crippen molar-refractivity contribution in [1.29, 1.82) is 0 Å². The van der Waals surface area contributed by atoms with Gasteiger partial charge in [-0.15, -0.1) is 0 Å². The smallest absolute Gasteiger partial charge is 0.156 e. The number of hydrogen-bond acceptors (Lipinski definition) is 3. The second kappa shape index (κ2) is 14.0. The standard InChI is InChI=1S/C20H38N2OS/c1(2-4-6-8-10-13-19-14-12-17-23-19)3-5-7-9-11-15-21-20-22-16-18-24-20/h19H,1-18H2,(H,21,22). The lowest BCUT2D eigenvalue weighted by Gasteiger charge is -2.08. The Kier molecular flexibility index (Phi) is 11.7. The maximum Gasteiger partial charge on any atom is 0.156 e. The third-order valence-electron chi connectivity index (χ3n) is 5.08. The molecular weight excluding hydrogens is 316 g/mol. The molecule has 24 heavy (non-hydrogen) atoms. The van der Waals surface area contributed by atoms with Gasteiger partial charge in [0.2, 0.25) is 0 Å². The fourth-order valence-corrected chi connectivity index (χ4v) is 4.37. The van der Waals surface area contributed by atoms with Crippen LogP contribution < -0.4 is 5.32 Å². The fourth-order valence-electron chi connectivity index (χ4n) is 3.59. The van der Waals surface area contributed by atoms with Crippen LogP contribution in [0, 0.1) is 0 Å². The first-order valence-electron chi connectivity index (χ1n) is 10.5. The van der Waals surface area contributed by atoms with E-state index >= 15 is 0 Å². The summed E-state index contributed by atoms with van der Waals surface area (Å²) in [5.41, 5.74) is 0. The Morgan fingerprint density at radius 2 is 1.58 bits per heavy atom. The van der Waals surface area contributed by atoms with Gasteiger partial charge in [-0.1, -0.05) is 76.0 Å². The van der Waals surface area contributed by atoms with Crippen LogP contribution in [0.5, 0.6) is 0 Å². The molecule has 1 N–H and O–H groups in total. The van der Waals surface area contributed by atoms with Crippen LogP contribution in [0.1, 0.15) is 89.9 Å².